The Balaban J connectivity index is 0.000000147. The van der Waals surface area contributed by atoms with Gasteiger partial charge in [-0.05, 0) is 105 Å². The van der Waals surface area contributed by atoms with Crippen LogP contribution in [-0.4, -0.2) is 39.0 Å². The van der Waals surface area contributed by atoms with Crippen molar-refractivity contribution in [2.24, 2.45) is 0 Å². The minimum atomic E-state index is 0.690. The van der Waals surface area contributed by atoms with Crippen molar-refractivity contribution in [1.29, 1.82) is 0 Å². The fourth-order valence-corrected chi connectivity index (χ4v) is 16.6. The Morgan fingerprint density at radius 3 is 0.712 bits per heavy atom. The maximum atomic E-state index is 5.35. The van der Waals surface area contributed by atoms with Gasteiger partial charge in [0.1, 0.15) is 0 Å². The molecule has 0 saturated carbocycles. The van der Waals surface area contributed by atoms with Crippen LogP contribution in [-0.2, 0) is 0 Å². The number of benzene rings is 16. The molecule has 118 heavy (non-hydrogen) atoms. The van der Waals surface area contributed by atoms with Gasteiger partial charge >= 0.3 is 0 Å². The average molecular weight is 1510 g/mol. The van der Waals surface area contributed by atoms with Crippen LogP contribution in [0.15, 0.2) is 437 Å². The molecule has 0 atom stereocenters. The van der Waals surface area contributed by atoms with E-state index < -0.39 is 0 Å². The molecule has 552 valence electrons. The number of pyridine rings is 2. The molecule has 0 bridgehead atoms. The molecule has 0 N–H and O–H groups in total. The van der Waals surface area contributed by atoms with Gasteiger partial charge in [0.2, 0.25) is 0 Å². The van der Waals surface area contributed by atoms with Gasteiger partial charge in [-0.2, -0.15) is 0 Å². The first-order valence-electron chi connectivity index (χ1n) is 39.9. The topological polar surface area (TPSA) is 87.2 Å². The van der Waals surface area contributed by atoms with Crippen LogP contribution in [0.1, 0.15) is 0 Å². The van der Waals surface area contributed by atoms with E-state index >= 15 is 0 Å². The lowest BCUT2D eigenvalue weighted by molar-refractivity contribution is 1.17. The van der Waals surface area contributed by atoms with Gasteiger partial charge in [0.05, 0.1) is 67.3 Å². The molecule has 6 aromatic heterocycles. The first kappa shape index (κ1) is 70.0. The molecule has 8 nitrogen and oxygen atoms in total. The van der Waals surface area contributed by atoms with E-state index in [2.05, 4.69) is 397 Å². The van der Waals surface area contributed by atoms with Gasteiger partial charge in [-0.1, -0.05) is 376 Å². The summed E-state index contributed by atoms with van der Waals surface area (Å²) in [7, 11) is 0. The van der Waals surface area contributed by atoms with Crippen LogP contribution >= 0.6 is 0 Å². The maximum Gasteiger partial charge on any atom is 0.160 e. The number of para-hydroxylation sites is 6. The van der Waals surface area contributed by atoms with Crippen LogP contribution < -0.4 is 0 Å². The summed E-state index contributed by atoms with van der Waals surface area (Å²) in [5.41, 5.74) is 31.7. The highest BCUT2D eigenvalue weighted by Gasteiger charge is 2.24. The van der Waals surface area contributed by atoms with E-state index in [9.17, 15) is 0 Å². The second kappa shape index (κ2) is 30.5. The van der Waals surface area contributed by atoms with Gasteiger partial charge in [0.25, 0.3) is 0 Å². The van der Waals surface area contributed by atoms with Crippen LogP contribution in [0.25, 0.3) is 212 Å². The SMILES string of the molecule is c1ccc(-c2ccc(-c3cc(-c4ccc(-c5ccc(-c6nc7ccccc7c7c8ccccc8n(-c8ccccc8)c67)cc5)cc4)nc(-c4ccccc4)n3)cc2)cc1.c1ccc(-c2ccc(-c3cc(-c4ccccc4)nc(-c4ccc(-c5ccc(-c6nc7ccccc7c7c8ccccc8n(-c8ccccc8)c67)cc5)cc4)n3)cc2)cc1. The van der Waals surface area contributed by atoms with Crippen molar-refractivity contribution >= 4 is 65.4 Å². The first-order valence-corrected chi connectivity index (χ1v) is 39.9. The maximum absolute atomic E-state index is 5.35. The predicted molar refractivity (Wildman–Crippen MR) is 489 cm³/mol. The molecule has 22 rings (SSSR count). The highest BCUT2D eigenvalue weighted by molar-refractivity contribution is 6.25. The summed E-state index contributed by atoms with van der Waals surface area (Å²) in [6.07, 6.45) is 0. The Hall–Kier alpha value is -15.9. The molecule has 0 aliphatic heterocycles. The van der Waals surface area contributed by atoms with E-state index in [0.29, 0.717) is 11.6 Å². The zero-order valence-corrected chi connectivity index (χ0v) is 64.1. The van der Waals surface area contributed by atoms with Crippen molar-refractivity contribution < 1.29 is 0 Å². The predicted octanol–water partition coefficient (Wildman–Crippen LogP) is 28.2. The van der Waals surface area contributed by atoms with Crippen molar-refractivity contribution in [2.75, 3.05) is 0 Å². The highest BCUT2D eigenvalue weighted by Crippen LogP contribution is 2.45. The molecular formula is C110H72N8. The highest BCUT2D eigenvalue weighted by atomic mass is 15.0. The summed E-state index contributed by atoms with van der Waals surface area (Å²) < 4.78 is 4.74. The Kier molecular flexibility index (Phi) is 18.1. The Bertz CT molecular complexity index is 6980. The van der Waals surface area contributed by atoms with Gasteiger partial charge in [0.15, 0.2) is 11.6 Å². The summed E-state index contributed by atoms with van der Waals surface area (Å²) in [5, 5.41) is 7.18. The van der Waals surface area contributed by atoms with Crippen LogP contribution in [0.5, 0.6) is 0 Å². The molecule has 0 aliphatic rings. The summed E-state index contributed by atoms with van der Waals surface area (Å²) >= 11 is 0. The Morgan fingerprint density at radius 2 is 0.381 bits per heavy atom. The largest absolute Gasteiger partial charge is 0.307 e. The summed E-state index contributed by atoms with van der Waals surface area (Å²) in [4.78, 5) is 31.0. The molecule has 0 fully saturated rings. The molecule has 0 unspecified atom stereocenters. The monoisotopic (exact) mass is 1500 g/mol. The fourth-order valence-electron chi connectivity index (χ4n) is 16.6. The summed E-state index contributed by atoms with van der Waals surface area (Å²) in [5.74, 6) is 1.39. The second-order valence-electron chi connectivity index (χ2n) is 29.6. The van der Waals surface area contributed by atoms with E-state index in [1.165, 1.54) is 43.8 Å². The average Bonchev–Trinajstić information content (AvgIpc) is 1.56. The third-order valence-corrected chi connectivity index (χ3v) is 22.5. The molecule has 6 heterocycles. The van der Waals surface area contributed by atoms with Gasteiger partial charge in [-0.25, -0.2) is 29.9 Å². The third kappa shape index (κ3) is 13.3. The molecule has 0 saturated heterocycles. The van der Waals surface area contributed by atoms with Crippen molar-refractivity contribution in [2.45, 2.75) is 0 Å². The molecule has 0 radical (unpaired) electrons. The number of fused-ring (bicyclic) bond motifs is 10. The normalized spacial score (nSPS) is 11.4. The lowest BCUT2D eigenvalue weighted by Gasteiger charge is -2.13. The summed E-state index contributed by atoms with van der Waals surface area (Å²) in [6.45, 7) is 0. The number of hydrogen-bond donors (Lipinski definition) is 0. The van der Waals surface area contributed by atoms with E-state index in [1.54, 1.807) is 0 Å². The lowest BCUT2D eigenvalue weighted by Crippen LogP contribution is -1.97. The zero-order chi connectivity index (χ0) is 78.2. The molecule has 16 aromatic carbocycles. The Labute approximate surface area is 683 Å². The van der Waals surface area contributed by atoms with E-state index in [0.717, 1.165) is 156 Å². The van der Waals surface area contributed by atoms with Crippen molar-refractivity contribution in [3.05, 3.63) is 437 Å². The van der Waals surface area contributed by atoms with E-state index in [-0.39, 0.29) is 0 Å². The van der Waals surface area contributed by atoms with Crippen LogP contribution in [0.4, 0.5) is 0 Å². The molecule has 0 aliphatic carbocycles. The second-order valence-corrected chi connectivity index (χ2v) is 29.6. The molecule has 0 amide bonds. The third-order valence-electron chi connectivity index (χ3n) is 22.5. The first-order chi connectivity index (χ1) is 58.5. The van der Waals surface area contributed by atoms with Gasteiger partial charge < -0.3 is 9.13 Å². The van der Waals surface area contributed by atoms with Crippen LogP contribution in [0, 0.1) is 0 Å². The van der Waals surface area contributed by atoms with Crippen molar-refractivity contribution in [3.8, 4) is 146 Å². The zero-order valence-electron chi connectivity index (χ0n) is 64.1. The molecular weight excluding hydrogens is 1430 g/mol. The van der Waals surface area contributed by atoms with Crippen molar-refractivity contribution in [3.63, 3.8) is 0 Å². The van der Waals surface area contributed by atoms with Gasteiger partial charge in [0, 0.05) is 88.2 Å². The number of nitrogens with zero attached hydrogens (tertiary/aromatic N) is 8. The molecule has 8 heteroatoms. The number of rotatable bonds is 14. The van der Waals surface area contributed by atoms with Crippen LogP contribution in [0.2, 0.25) is 0 Å². The number of hydrogen-bond acceptors (Lipinski definition) is 6. The summed E-state index contributed by atoms with van der Waals surface area (Å²) in [6, 6.07) is 153. The van der Waals surface area contributed by atoms with Gasteiger partial charge in [-0.3, -0.25) is 0 Å². The fraction of sp³-hybridized carbons (Fsp3) is 0. The standard InChI is InChI=1S/2C55H36N4/c1-4-14-37(15-5-1)38-24-30-41(31-25-38)49-36-50(58-55(57-49)44-16-6-2-7-17-44)42-32-26-39(27-33-42)40-28-34-43(35-29-40)53-54-52(46-20-10-12-22-48(46)56-53)47-21-11-13-23-51(47)59(54)45-18-8-3-9-19-45;1-4-14-37(15-5-1)38-24-30-42(31-25-38)50-36-49(41-16-6-2-7-17-41)57-55(58-50)44-34-28-40(29-35-44)39-26-32-43(33-27-39)53-54-52(46-20-10-12-22-48(46)56-53)47-21-11-13-23-51(47)59(54)45-18-8-3-9-19-45/h2*1-36H. The smallest absolute Gasteiger partial charge is 0.160 e. The molecule has 22 aromatic rings. The van der Waals surface area contributed by atoms with E-state index in [1.807, 2.05) is 48.5 Å². The minimum Gasteiger partial charge on any atom is -0.307 e. The van der Waals surface area contributed by atoms with E-state index in [4.69, 9.17) is 29.9 Å². The number of aromatic nitrogens is 8. The van der Waals surface area contributed by atoms with Crippen molar-refractivity contribution in [1.82, 2.24) is 39.0 Å². The van der Waals surface area contributed by atoms with Crippen LogP contribution in [0.3, 0.4) is 0 Å². The lowest BCUT2D eigenvalue weighted by atomic mass is 9.98. The molecule has 0 spiro atoms. The van der Waals surface area contributed by atoms with Gasteiger partial charge in [-0.15, -0.1) is 0 Å². The minimum absolute atomic E-state index is 0.690. The Morgan fingerprint density at radius 1 is 0.161 bits per heavy atom. The quantitative estimate of drug-likeness (QED) is 0.108.